The Balaban J connectivity index is 2.03. The molecule has 3 rings (SSSR count). The third-order valence-corrected chi connectivity index (χ3v) is 4.04. The summed E-state index contributed by atoms with van der Waals surface area (Å²) in [6.45, 7) is 1.76. The fourth-order valence-electron chi connectivity index (χ4n) is 2.56. The first-order valence-electron chi connectivity index (χ1n) is 7.21. The highest BCUT2D eigenvalue weighted by Gasteiger charge is 2.18. The molecule has 0 radical (unpaired) electrons. The van der Waals surface area contributed by atoms with Crippen LogP contribution >= 0.6 is 11.6 Å². The Morgan fingerprint density at radius 3 is 2.54 bits per heavy atom. The second-order valence-corrected chi connectivity index (χ2v) is 5.78. The molecule has 1 N–H and O–H groups in total. The van der Waals surface area contributed by atoms with Crippen LogP contribution in [0.15, 0.2) is 54.6 Å². The number of carbonyl (C=O) groups is 1. The second-order valence-electron chi connectivity index (χ2n) is 5.37. The van der Waals surface area contributed by atoms with Gasteiger partial charge in [-0.2, -0.15) is 0 Å². The smallest absolute Gasteiger partial charge is 0.293 e. The maximum absolute atomic E-state index is 12.6. The zero-order chi connectivity index (χ0) is 17.3. The Hall–Kier alpha value is -2.92. The number of nitro benzene ring substituents is 1. The molecule has 0 bridgehead atoms. The predicted octanol–water partition coefficient (Wildman–Crippen LogP) is 4.96. The van der Waals surface area contributed by atoms with Crippen LogP contribution in [0.1, 0.15) is 15.9 Å². The lowest BCUT2D eigenvalue weighted by Gasteiger charge is -2.09. The average molecular weight is 341 g/mol. The van der Waals surface area contributed by atoms with E-state index in [1.54, 1.807) is 43.3 Å². The van der Waals surface area contributed by atoms with E-state index in [1.807, 2.05) is 6.07 Å². The van der Waals surface area contributed by atoms with Crippen LogP contribution in [0.5, 0.6) is 0 Å². The van der Waals surface area contributed by atoms with E-state index in [2.05, 4.69) is 5.32 Å². The molecule has 0 unspecified atom stereocenters. The van der Waals surface area contributed by atoms with Crippen molar-refractivity contribution < 1.29 is 9.72 Å². The van der Waals surface area contributed by atoms with Gasteiger partial charge in [0.15, 0.2) is 0 Å². The first-order valence-corrected chi connectivity index (χ1v) is 7.59. The molecule has 24 heavy (non-hydrogen) atoms. The number of carbonyl (C=O) groups excluding carboxylic acids is 1. The molecule has 3 aromatic carbocycles. The molecule has 3 aromatic rings. The summed E-state index contributed by atoms with van der Waals surface area (Å²) >= 11 is 6.16. The summed E-state index contributed by atoms with van der Waals surface area (Å²) in [7, 11) is 0. The van der Waals surface area contributed by atoms with Gasteiger partial charge in [-0.1, -0.05) is 41.9 Å². The fourth-order valence-corrected chi connectivity index (χ4v) is 2.80. The van der Waals surface area contributed by atoms with E-state index in [9.17, 15) is 14.9 Å². The highest BCUT2D eigenvalue weighted by atomic mass is 35.5. The van der Waals surface area contributed by atoms with E-state index >= 15 is 0 Å². The van der Waals surface area contributed by atoms with Crippen LogP contribution in [0.3, 0.4) is 0 Å². The Kier molecular flexibility index (Phi) is 4.18. The van der Waals surface area contributed by atoms with Gasteiger partial charge in [-0.15, -0.1) is 0 Å². The largest absolute Gasteiger partial charge is 0.316 e. The van der Waals surface area contributed by atoms with Crippen LogP contribution in [0, 0.1) is 17.0 Å². The van der Waals surface area contributed by atoms with Gasteiger partial charge in [0.1, 0.15) is 5.69 Å². The lowest BCUT2D eigenvalue weighted by molar-refractivity contribution is -0.384. The number of fused-ring (bicyclic) bond motifs is 1. The predicted molar refractivity (Wildman–Crippen MR) is 94.7 cm³/mol. The van der Waals surface area contributed by atoms with Crippen LogP contribution in [-0.4, -0.2) is 10.8 Å². The monoisotopic (exact) mass is 340 g/mol. The summed E-state index contributed by atoms with van der Waals surface area (Å²) in [5.41, 5.74) is 1.18. The van der Waals surface area contributed by atoms with Crippen molar-refractivity contribution in [2.45, 2.75) is 6.92 Å². The van der Waals surface area contributed by atoms with Gasteiger partial charge in [-0.3, -0.25) is 14.9 Å². The van der Waals surface area contributed by atoms with Crippen LogP contribution in [0.2, 0.25) is 5.02 Å². The van der Waals surface area contributed by atoms with Crippen LogP contribution in [-0.2, 0) is 0 Å². The third kappa shape index (κ3) is 2.94. The molecular formula is C18H13ClN2O3. The van der Waals surface area contributed by atoms with Gasteiger partial charge in [-0.25, -0.2) is 0 Å². The molecule has 0 atom stereocenters. The molecule has 0 aliphatic rings. The van der Waals surface area contributed by atoms with Gasteiger partial charge in [0, 0.05) is 22.0 Å². The molecule has 0 saturated carbocycles. The van der Waals surface area contributed by atoms with Crippen molar-refractivity contribution in [1.29, 1.82) is 0 Å². The highest BCUT2D eigenvalue weighted by molar-refractivity contribution is 6.36. The van der Waals surface area contributed by atoms with Crippen LogP contribution in [0.4, 0.5) is 11.4 Å². The van der Waals surface area contributed by atoms with Crippen molar-refractivity contribution in [3.8, 4) is 0 Å². The number of hydrogen-bond donors (Lipinski definition) is 1. The van der Waals surface area contributed by atoms with Crippen molar-refractivity contribution in [1.82, 2.24) is 0 Å². The summed E-state index contributed by atoms with van der Waals surface area (Å²) < 4.78 is 0. The number of halogens is 1. The molecule has 1 amide bonds. The van der Waals surface area contributed by atoms with Crippen molar-refractivity contribution in [3.63, 3.8) is 0 Å². The van der Waals surface area contributed by atoms with E-state index in [0.717, 1.165) is 10.9 Å². The van der Waals surface area contributed by atoms with E-state index in [4.69, 9.17) is 11.6 Å². The SMILES string of the molecule is Cc1ccc(NC(=O)c2cccc3c(Cl)cccc23)c([N+](=O)[O-])c1. The fraction of sp³-hybridized carbons (Fsp3) is 0.0556. The van der Waals surface area contributed by atoms with E-state index in [1.165, 1.54) is 12.1 Å². The van der Waals surface area contributed by atoms with Gasteiger partial charge in [-0.05, 0) is 36.1 Å². The molecule has 0 saturated heterocycles. The number of hydrogen-bond acceptors (Lipinski definition) is 3. The number of anilines is 1. The number of nitrogens with one attached hydrogen (secondary N) is 1. The molecule has 0 aromatic heterocycles. The molecule has 5 nitrogen and oxygen atoms in total. The summed E-state index contributed by atoms with van der Waals surface area (Å²) in [5, 5.41) is 15.8. The molecule has 0 heterocycles. The van der Waals surface area contributed by atoms with Gasteiger partial charge < -0.3 is 5.32 Å². The van der Waals surface area contributed by atoms with E-state index < -0.39 is 10.8 Å². The molecule has 120 valence electrons. The van der Waals surface area contributed by atoms with Gasteiger partial charge >= 0.3 is 0 Å². The van der Waals surface area contributed by atoms with Crippen LogP contribution < -0.4 is 5.32 Å². The van der Waals surface area contributed by atoms with Crippen molar-refractivity contribution >= 4 is 39.7 Å². The molecule has 0 aliphatic heterocycles. The minimum absolute atomic E-state index is 0.137. The molecule has 6 heteroatoms. The number of nitro groups is 1. The number of rotatable bonds is 3. The number of amides is 1. The zero-order valence-electron chi connectivity index (χ0n) is 12.7. The average Bonchev–Trinajstić information content (AvgIpc) is 2.56. The number of nitrogens with zero attached hydrogens (tertiary/aromatic N) is 1. The topological polar surface area (TPSA) is 72.2 Å². The minimum Gasteiger partial charge on any atom is -0.316 e. The Morgan fingerprint density at radius 2 is 1.79 bits per heavy atom. The molecule has 0 fully saturated rings. The third-order valence-electron chi connectivity index (χ3n) is 3.71. The summed E-state index contributed by atoms with van der Waals surface area (Å²) in [6, 6.07) is 15.2. The number of aryl methyl sites for hydroxylation is 1. The van der Waals surface area contributed by atoms with Crippen molar-refractivity contribution in [2.24, 2.45) is 0 Å². The van der Waals surface area contributed by atoms with E-state index in [0.29, 0.717) is 16.0 Å². The Morgan fingerprint density at radius 1 is 1.08 bits per heavy atom. The van der Waals surface area contributed by atoms with Crippen molar-refractivity contribution in [3.05, 3.63) is 80.9 Å². The first-order chi connectivity index (χ1) is 11.5. The zero-order valence-corrected chi connectivity index (χ0v) is 13.5. The standard InChI is InChI=1S/C18H13ClN2O3/c1-11-8-9-16(17(10-11)21(23)24)20-18(22)14-6-2-5-13-12(14)4-3-7-15(13)19/h2-10H,1H3,(H,20,22). The molecule has 0 aliphatic carbocycles. The van der Waals surface area contributed by atoms with Crippen LogP contribution in [0.25, 0.3) is 10.8 Å². The Bertz CT molecular complexity index is 970. The maximum atomic E-state index is 12.6. The lowest BCUT2D eigenvalue weighted by atomic mass is 10.0. The number of benzene rings is 3. The minimum atomic E-state index is -0.511. The van der Waals surface area contributed by atoms with Gasteiger partial charge in [0.25, 0.3) is 11.6 Å². The summed E-state index contributed by atoms with van der Waals surface area (Å²) in [5.74, 6) is -0.421. The lowest BCUT2D eigenvalue weighted by Crippen LogP contribution is -2.13. The second kappa shape index (κ2) is 6.29. The van der Waals surface area contributed by atoms with Gasteiger partial charge in [0.2, 0.25) is 0 Å². The highest BCUT2D eigenvalue weighted by Crippen LogP contribution is 2.29. The van der Waals surface area contributed by atoms with Crippen molar-refractivity contribution in [2.75, 3.05) is 5.32 Å². The maximum Gasteiger partial charge on any atom is 0.293 e. The summed E-state index contributed by atoms with van der Waals surface area (Å²) in [4.78, 5) is 23.3. The molecular weight excluding hydrogens is 328 g/mol. The quantitative estimate of drug-likeness (QED) is 0.541. The van der Waals surface area contributed by atoms with E-state index in [-0.39, 0.29) is 11.4 Å². The first kappa shape index (κ1) is 16.0. The normalized spacial score (nSPS) is 10.6. The summed E-state index contributed by atoms with van der Waals surface area (Å²) in [6.07, 6.45) is 0. The van der Waals surface area contributed by atoms with Gasteiger partial charge in [0.05, 0.1) is 4.92 Å². The molecule has 0 spiro atoms. The Labute approximate surface area is 143 Å².